The third-order valence-electron chi connectivity index (χ3n) is 5.28. The number of hydrogen-bond donors (Lipinski definition) is 3. The number of nitrogens with one attached hydrogen (secondary N) is 2. The van der Waals surface area contributed by atoms with E-state index in [-0.39, 0.29) is 5.91 Å². The summed E-state index contributed by atoms with van der Waals surface area (Å²) in [6.45, 7) is 5.00. The van der Waals surface area contributed by atoms with Crippen LogP contribution in [-0.2, 0) is 13.0 Å². The van der Waals surface area contributed by atoms with E-state index >= 15 is 0 Å². The number of fused-ring (bicyclic) bond motifs is 1. The Bertz CT molecular complexity index is 1080. The summed E-state index contributed by atoms with van der Waals surface area (Å²) in [4.78, 5) is 27.6. The molecule has 30 heavy (non-hydrogen) atoms. The van der Waals surface area contributed by atoms with Crippen LogP contribution in [0.15, 0.2) is 54.6 Å². The van der Waals surface area contributed by atoms with Gasteiger partial charge >= 0.3 is 0 Å². The number of quaternary nitrogens is 1. The summed E-state index contributed by atoms with van der Waals surface area (Å²) in [5, 5.41) is 3.43. The number of para-hydroxylation sites is 1. The highest BCUT2D eigenvalue weighted by Gasteiger charge is 2.29. The number of primary amides is 1. The van der Waals surface area contributed by atoms with Gasteiger partial charge in [-0.1, -0.05) is 24.3 Å². The number of carbonyl (C=O) groups excluding carboxylic acids is 2. The summed E-state index contributed by atoms with van der Waals surface area (Å²) in [5.74, 6) is 0.467. The number of likely N-dealkylation sites (N-methyl/N-ethyl adjacent to an activating group) is 1. The lowest BCUT2D eigenvalue weighted by molar-refractivity contribution is -0.913. The molecule has 6 nitrogen and oxygen atoms in total. The molecule has 154 valence electrons. The molecular formula is C23H24N3O3S+. The predicted octanol–water partition coefficient (Wildman–Crippen LogP) is 2.85. The van der Waals surface area contributed by atoms with Crippen LogP contribution in [0.25, 0.3) is 0 Å². The van der Waals surface area contributed by atoms with Crippen LogP contribution in [0, 0.1) is 0 Å². The van der Waals surface area contributed by atoms with Gasteiger partial charge in [-0.3, -0.25) is 9.59 Å². The zero-order chi connectivity index (χ0) is 21.1. The number of benzene rings is 2. The Labute approximate surface area is 179 Å². The number of anilines is 1. The molecule has 2 aromatic carbocycles. The minimum atomic E-state index is -0.496. The Morgan fingerprint density at radius 1 is 1.13 bits per heavy atom. The average molecular weight is 423 g/mol. The van der Waals surface area contributed by atoms with Crippen LogP contribution < -0.4 is 20.7 Å². The van der Waals surface area contributed by atoms with Gasteiger partial charge in [-0.25, -0.2) is 0 Å². The third kappa shape index (κ3) is 4.22. The predicted molar refractivity (Wildman–Crippen MR) is 118 cm³/mol. The van der Waals surface area contributed by atoms with E-state index in [0.717, 1.165) is 36.5 Å². The van der Waals surface area contributed by atoms with Crippen molar-refractivity contribution >= 4 is 28.2 Å². The van der Waals surface area contributed by atoms with Crippen molar-refractivity contribution < 1.29 is 19.2 Å². The smallest absolute Gasteiger partial charge is 0.256 e. The molecule has 1 aliphatic heterocycles. The fraction of sp³-hybridized carbons (Fsp3) is 0.217. The molecule has 1 aliphatic rings. The minimum absolute atomic E-state index is 0.297. The second-order valence-corrected chi connectivity index (χ2v) is 8.35. The molecule has 4 rings (SSSR count). The molecule has 0 saturated carbocycles. The molecule has 7 heteroatoms. The zero-order valence-corrected chi connectivity index (χ0v) is 17.6. The van der Waals surface area contributed by atoms with E-state index in [2.05, 4.69) is 12.2 Å². The number of nitrogens with two attached hydrogens (primary N) is 1. The molecular weight excluding hydrogens is 398 g/mol. The van der Waals surface area contributed by atoms with Gasteiger partial charge < -0.3 is 20.7 Å². The monoisotopic (exact) mass is 422 g/mol. The molecule has 0 radical (unpaired) electrons. The van der Waals surface area contributed by atoms with Crippen molar-refractivity contribution in [3.05, 3.63) is 76.2 Å². The van der Waals surface area contributed by atoms with E-state index in [4.69, 9.17) is 10.5 Å². The van der Waals surface area contributed by atoms with Gasteiger partial charge in [0.15, 0.2) is 0 Å². The second-order valence-electron chi connectivity index (χ2n) is 7.25. The Hall–Kier alpha value is -3.16. The molecule has 0 spiro atoms. The van der Waals surface area contributed by atoms with E-state index in [9.17, 15) is 9.59 Å². The molecule has 1 aromatic heterocycles. The van der Waals surface area contributed by atoms with Gasteiger partial charge in [0.2, 0.25) is 0 Å². The van der Waals surface area contributed by atoms with Gasteiger partial charge in [-0.15, -0.1) is 11.3 Å². The van der Waals surface area contributed by atoms with Crippen LogP contribution in [0.4, 0.5) is 5.00 Å². The number of hydrogen-bond acceptors (Lipinski definition) is 4. The van der Waals surface area contributed by atoms with E-state index in [1.165, 1.54) is 16.2 Å². The van der Waals surface area contributed by atoms with E-state index < -0.39 is 5.91 Å². The van der Waals surface area contributed by atoms with Crippen LogP contribution in [0.3, 0.4) is 0 Å². The molecule has 2 heterocycles. The highest BCUT2D eigenvalue weighted by atomic mass is 32.1. The zero-order valence-electron chi connectivity index (χ0n) is 16.7. The Kier molecular flexibility index (Phi) is 5.83. The maximum Gasteiger partial charge on any atom is 0.256 e. The summed E-state index contributed by atoms with van der Waals surface area (Å²) < 4.78 is 5.82. The number of carbonyl (C=O) groups is 2. The van der Waals surface area contributed by atoms with Crippen molar-refractivity contribution in [1.29, 1.82) is 0 Å². The number of amides is 2. The van der Waals surface area contributed by atoms with Crippen molar-refractivity contribution in [2.24, 2.45) is 5.73 Å². The summed E-state index contributed by atoms with van der Waals surface area (Å²) in [6, 6.07) is 16.3. The van der Waals surface area contributed by atoms with Crippen molar-refractivity contribution in [3.63, 3.8) is 0 Å². The van der Waals surface area contributed by atoms with Crippen molar-refractivity contribution in [3.8, 4) is 11.5 Å². The molecule has 1 atom stereocenters. The first kappa shape index (κ1) is 20.1. The normalized spacial score (nSPS) is 15.3. The lowest BCUT2D eigenvalue weighted by Gasteiger charge is -2.22. The maximum absolute atomic E-state index is 12.9. The summed E-state index contributed by atoms with van der Waals surface area (Å²) in [5.41, 5.74) is 7.56. The van der Waals surface area contributed by atoms with Crippen molar-refractivity contribution in [2.75, 3.05) is 18.4 Å². The fourth-order valence-electron chi connectivity index (χ4n) is 3.69. The van der Waals surface area contributed by atoms with Crippen LogP contribution >= 0.6 is 11.3 Å². The van der Waals surface area contributed by atoms with Gasteiger partial charge in [0.05, 0.1) is 23.5 Å². The highest BCUT2D eigenvalue weighted by Crippen LogP contribution is 2.35. The highest BCUT2D eigenvalue weighted by molar-refractivity contribution is 7.17. The van der Waals surface area contributed by atoms with E-state index in [1.807, 2.05) is 30.3 Å². The fourth-order valence-corrected chi connectivity index (χ4v) is 5.01. The Morgan fingerprint density at radius 3 is 2.63 bits per heavy atom. The number of ether oxygens (including phenoxy) is 1. The molecule has 2 amide bonds. The van der Waals surface area contributed by atoms with Crippen molar-refractivity contribution in [2.45, 2.75) is 19.9 Å². The third-order valence-corrected chi connectivity index (χ3v) is 6.43. The molecule has 3 aromatic rings. The summed E-state index contributed by atoms with van der Waals surface area (Å²) in [6.07, 6.45) is 0.795. The van der Waals surface area contributed by atoms with Crippen molar-refractivity contribution in [1.82, 2.24) is 0 Å². The standard InChI is InChI=1S/C23H23N3O3S/c1-2-26-12-11-18-19(14-26)30-23(20(18)21(24)27)25-22(28)15-7-6-10-17(13-15)29-16-8-4-3-5-9-16/h3-10,13H,2,11-12,14H2,1H3,(H2,24,27)(H,25,28)/p+1. The van der Waals surface area contributed by atoms with Gasteiger partial charge in [0.25, 0.3) is 11.8 Å². The second kappa shape index (κ2) is 8.69. The molecule has 4 N–H and O–H groups in total. The first-order chi connectivity index (χ1) is 14.5. The number of rotatable bonds is 6. The Balaban J connectivity index is 1.56. The lowest BCUT2D eigenvalue weighted by atomic mass is 10.0. The van der Waals surface area contributed by atoms with Crippen LogP contribution in [0.5, 0.6) is 11.5 Å². The lowest BCUT2D eigenvalue weighted by Crippen LogP contribution is -3.11. The van der Waals surface area contributed by atoms with Crippen LogP contribution in [0.1, 0.15) is 38.1 Å². The van der Waals surface area contributed by atoms with Crippen LogP contribution in [-0.4, -0.2) is 24.9 Å². The van der Waals surface area contributed by atoms with Gasteiger partial charge in [-0.05, 0) is 42.8 Å². The summed E-state index contributed by atoms with van der Waals surface area (Å²) >= 11 is 1.45. The van der Waals surface area contributed by atoms with Crippen LogP contribution in [0.2, 0.25) is 0 Å². The molecule has 1 unspecified atom stereocenters. The van der Waals surface area contributed by atoms with Gasteiger partial charge in [0, 0.05) is 12.0 Å². The number of thiophene rings is 1. The first-order valence-electron chi connectivity index (χ1n) is 9.97. The molecule has 0 bridgehead atoms. The van der Waals surface area contributed by atoms with Gasteiger partial charge in [-0.2, -0.15) is 0 Å². The minimum Gasteiger partial charge on any atom is -0.457 e. The van der Waals surface area contributed by atoms with E-state index in [1.54, 1.807) is 24.3 Å². The first-order valence-corrected chi connectivity index (χ1v) is 10.8. The maximum atomic E-state index is 12.9. The molecule has 0 saturated heterocycles. The molecule has 0 aliphatic carbocycles. The quantitative estimate of drug-likeness (QED) is 0.571. The topological polar surface area (TPSA) is 85.9 Å². The average Bonchev–Trinajstić information content (AvgIpc) is 3.11. The SMILES string of the molecule is CC[NH+]1CCc2c(sc(NC(=O)c3cccc(Oc4ccccc4)c3)c2C(N)=O)C1. The summed E-state index contributed by atoms with van der Waals surface area (Å²) in [7, 11) is 0. The Morgan fingerprint density at radius 2 is 1.90 bits per heavy atom. The largest absolute Gasteiger partial charge is 0.457 e. The van der Waals surface area contributed by atoms with Gasteiger partial charge in [0.1, 0.15) is 23.0 Å². The molecule has 0 fully saturated rings. The van der Waals surface area contributed by atoms with E-state index in [0.29, 0.717) is 27.6 Å².